The molecule has 0 fully saturated rings. The van der Waals surface area contributed by atoms with Crippen LogP contribution in [-0.2, 0) is 6.42 Å². The van der Waals surface area contributed by atoms with Gasteiger partial charge in [-0.2, -0.15) is 5.26 Å². The second-order valence-corrected chi connectivity index (χ2v) is 3.35. The van der Waals surface area contributed by atoms with Gasteiger partial charge in [0, 0.05) is 12.5 Å². The highest BCUT2D eigenvalue weighted by atomic mass is 16.3. The van der Waals surface area contributed by atoms with Crippen LogP contribution in [0.15, 0.2) is 16.7 Å². The smallest absolute Gasteiger partial charge is 0.255 e. The number of carbonyl (C=O) groups excluding carboxylic acids is 1. The second kappa shape index (κ2) is 5.20. The van der Waals surface area contributed by atoms with E-state index < -0.39 is 0 Å². The van der Waals surface area contributed by atoms with Crippen molar-refractivity contribution in [1.29, 1.82) is 5.26 Å². The van der Waals surface area contributed by atoms with Gasteiger partial charge in [-0.25, -0.2) is 0 Å². The lowest BCUT2D eigenvalue weighted by atomic mass is 10.2. The molecule has 4 heteroatoms. The predicted octanol–water partition coefficient (Wildman–Crippen LogP) is 1.87. The Labute approximate surface area is 88.9 Å². The number of hydrogen-bond acceptors (Lipinski definition) is 3. The van der Waals surface area contributed by atoms with Crippen molar-refractivity contribution in [1.82, 2.24) is 5.32 Å². The molecule has 1 rings (SSSR count). The fraction of sp³-hybridized carbons (Fsp3) is 0.455. The van der Waals surface area contributed by atoms with Gasteiger partial charge in [0.1, 0.15) is 5.76 Å². The molecule has 1 aromatic rings. The number of hydrogen-bond donors (Lipinski definition) is 1. The van der Waals surface area contributed by atoms with Crippen molar-refractivity contribution in [2.45, 2.75) is 32.7 Å². The minimum atomic E-state index is -0.177. The molecule has 0 aliphatic carbocycles. The number of rotatable bonds is 4. The van der Waals surface area contributed by atoms with Gasteiger partial charge in [0.15, 0.2) is 0 Å². The topological polar surface area (TPSA) is 66.0 Å². The maximum absolute atomic E-state index is 11.7. The van der Waals surface area contributed by atoms with Crippen LogP contribution in [0, 0.1) is 11.3 Å². The van der Waals surface area contributed by atoms with Crippen molar-refractivity contribution in [2.24, 2.45) is 0 Å². The summed E-state index contributed by atoms with van der Waals surface area (Å²) in [7, 11) is 0. The first-order chi connectivity index (χ1) is 7.19. The van der Waals surface area contributed by atoms with Crippen LogP contribution < -0.4 is 5.32 Å². The van der Waals surface area contributed by atoms with Crippen molar-refractivity contribution in [2.75, 3.05) is 0 Å². The maximum Gasteiger partial charge on any atom is 0.255 e. The summed E-state index contributed by atoms with van der Waals surface area (Å²) in [5.74, 6) is 0.500. The van der Waals surface area contributed by atoms with Gasteiger partial charge in [-0.05, 0) is 13.0 Å². The largest absolute Gasteiger partial charge is 0.469 e. The molecule has 1 aromatic heterocycles. The Morgan fingerprint density at radius 3 is 3.07 bits per heavy atom. The Hall–Kier alpha value is -1.76. The molecule has 0 aromatic carbocycles. The van der Waals surface area contributed by atoms with Crippen LogP contribution in [0.2, 0.25) is 0 Å². The van der Waals surface area contributed by atoms with Crippen molar-refractivity contribution in [3.05, 3.63) is 23.7 Å². The highest BCUT2D eigenvalue weighted by Crippen LogP contribution is 2.11. The monoisotopic (exact) mass is 206 g/mol. The van der Waals surface area contributed by atoms with Crippen molar-refractivity contribution in [3.63, 3.8) is 0 Å². The molecule has 0 spiro atoms. The van der Waals surface area contributed by atoms with E-state index in [1.165, 1.54) is 6.26 Å². The molecule has 0 saturated heterocycles. The van der Waals surface area contributed by atoms with E-state index in [-0.39, 0.29) is 11.9 Å². The number of furan rings is 1. The Morgan fingerprint density at radius 2 is 2.47 bits per heavy atom. The lowest BCUT2D eigenvalue weighted by molar-refractivity contribution is 0.0939. The van der Waals surface area contributed by atoms with E-state index in [1.54, 1.807) is 13.0 Å². The SMILES string of the molecule is CCc1occc1C(=O)NC(C)CC#N. The first-order valence-electron chi connectivity index (χ1n) is 4.93. The average molecular weight is 206 g/mol. The predicted molar refractivity (Wildman–Crippen MR) is 55.2 cm³/mol. The summed E-state index contributed by atoms with van der Waals surface area (Å²) in [5.41, 5.74) is 0.558. The van der Waals surface area contributed by atoms with E-state index in [2.05, 4.69) is 5.32 Å². The lowest BCUT2D eigenvalue weighted by Gasteiger charge is -2.09. The van der Waals surface area contributed by atoms with E-state index >= 15 is 0 Å². The minimum Gasteiger partial charge on any atom is -0.469 e. The second-order valence-electron chi connectivity index (χ2n) is 3.35. The summed E-state index contributed by atoms with van der Waals surface area (Å²) < 4.78 is 5.15. The van der Waals surface area contributed by atoms with Crippen LogP contribution in [0.4, 0.5) is 0 Å². The summed E-state index contributed by atoms with van der Waals surface area (Å²) >= 11 is 0. The van der Waals surface area contributed by atoms with Crippen molar-refractivity contribution in [3.8, 4) is 6.07 Å². The van der Waals surface area contributed by atoms with E-state index in [9.17, 15) is 4.79 Å². The molecule has 1 atom stereocenters. The third-order valence-electron chi connectivity index (χ3n) is 2.09. The molecule has 0 aliphatic rings. The normalized spacial score (nSPS) is 11.8. The average Bonchev–Trinajstić information content (AvgIpc) is 2.65. The molecular formula is C11H14N2O2. The Morgan fingerprint density at radius 1 is 1.73 bits per heavy atom. The van der Waals surface area contributed by atoms with E-state index in [4.69, 9.17) is 9.68 Å². The number of nitriles is 1. The zero-order valence-corrected chi connectivity index (χ0v) is 8.91. The third kappa shape index (κ3) is 2.84. The highest BCUT2D eigenvalue weighted by Gasteiger charge is 2.14. The number of nitrogens with one attached hydrogen (secondary N) is 1. The Balaban J connectivity index is 2.65. The first kappa shape index (κ1) is 11.3. The number of carbonyl (C=O) groups is 1. The van der Waals surface area contributed by atoms with E-state index in [0.29, 0.717) is 24.2 Å². The van der Waals surface area contributed by atoms with Crippen LogP contribution in [0.3, 0.4) is 0 Å². The van der Waals surface area contributed by atoms with Gasteiger partial charge in [-0.1, -0.05) is 6.92 Å². The van der Waals surface area contributed by atoms with Gasteiger partial charge in [0.05, 0.1) is 24.3 Å². The highest BCUT2D eigenvalue weighted by molar-refractivity contribution is 5.95. The molecule has 1 heterocycles. The first-order valence-corrected chi connectivity index (χ1v) is 4.93. The lowest BCUT2D eigenvalue weighted by Crippen LogP contribution is -2.32. The van der Waals surface area contributed by atoms with Crippen molar-refractivity contribution < 1.29 is 9.21 Å². The zero-order chi connectivity index (χ0) is 11.3. The minimum absolute atomic E-state index is 0.137. The zero-order valence-electron chi connectivity index (χ0n) is 8.91. The maximum atomic E-state index is 11.7. The van der Waals surface area contributed by atoms with Crippen LogP contribution in [0.5, 0.6) is 0 Å². The summed E-state index contributed by atoms with van der Waals surface area (Å²) in [5, 5.41) is 11.2. The van der Waals surface area contributed by atoms with Gasteiger partial charge in [-0.3, -0.25) is 4.79 Å². The standard InChI is InChI=1S/C11H14N2O2/c1-3-10-9(5-7-15-10)11(14)13-8(2)4-6-12/h5,7-8H,3-4H2,1-2H3,(H,13,14). The summed E-state index contributed by atoms with van der Waals surface area (Å²) in [6.07, 6.45) is 2.50. The molecule has 4 nitrogen and oxygen atoms in total. The molecule has 0 radical (unpaired) electrons. The van der Waals surface area contributed by atoms with Gasteiger partial charge >= 0.3 is 0 Å². The molecule has 1 N–H and O–H groups in total. The fourth-order valence-electron chi connectivity index (χ4n) is 1.31. The third-order valence-corrected chi connectivity index (χ3v) is 2.09. The van der Waals surface area contributed by atoms with Gasteiger partial charge in [0.2, 0.25) is 0 Å². The van der Waals surface area contributed by atoms with Gasteiger partial charge in [-0.15, -0.1) is 0 Å². The summed E-state index contributed by atoms with van der Waals surface area (Å²) in [4.78, 5) is 11.7. The summed E-state index contributed by atoms with van der Waals surface area (Å²) in [6.45, 7) is 3.72. The molecule has 15 heavy (non-hydrogen) atoms. The van der Waals surface area contributed by atoms with Crippen molar-refractivity contribution >= 4 is 5.91 Å². The Bertz CT molecular complexity index is 376. The van der Waals surface area contributed by atoms with Crippen LogP contribution in [0.1, 0.15) is 36.4 Å². The summed E-state index contributed by atoms with van der Waals surface area (Å²) in [6, 6.07) is 3.52. The van der Waals surface area contributed by atoms with Crippen LogP contribution in [-0.4, -0.2) is 11.9 Å². The quantitative estimate of drug-likeness (QED) is 0.817. The molecule has 0 aliphatic heterocycles. The van der Waals surface area contributed by atoms with Crippen LogP contribution >= 0.6 is 0 Å². The molecule has 1 unspecified atom stereocenters. The fourth-order valence-corrected chi connectivity index (χ4v) is 1.31. The molecule has 0 bridgehead atoms. The molecule has 0 saturated carbocycles. The van der Waals surface area contributed by atoms with Gasteiger partial charge < -0.3 is 9.73 Å². The van der Waals surface area contributed by atoms with E-state index in [1.807, 2.05) is 13.0 Å². The Kier molecular flexibility index (Phi) is 3.92. The molecular weight excluding hydrogens is 192 g/mol. The van der Waals surface area contributed by atoms with E-state index in [0.717, 1.165) is 0 Å². The molecule has 80 valence electrons. The number of amides is 1. The molecule has 1 amide bonds. The number of nitrogens with zero attached hydrogens (tertiary/aromatic N) is 1. The number of aryl methyl sites for hydroxylation is 1. The van der Waals surface area contributed by atoms with Gasteiger partial charge in [0.25, 0.3) is 5.91 Å². The van der Waals surface area contributed by atoms with Crippen LogP contribution in [0.25, 0.3) is 0 Å².